The second kappa shape index (κ2) is 6.37. The molecule has 1 saturated heterocycles. The van der Waals surface area contributed by atoms with Crippen molar-refractivity contribution >= 4 is 0 Å². The monoisotopic (exact) mass is 175 g/mol. The standard InChI is InChI=1S/C8H17NO3/c10-3-1-2-9-6-8-7-11-4-5-12-8/h8-10H,1-7H2. The molecule has 2 N–H and O–H groups in total. The van der Waals surface area contributed by atoms with E-state index in [0.29, 0.717) is 19.8 Å². The van der Waals surface area contributed by atoms with Crippen LogP contribution in [-0.4, -0.2) is 50.7 Å². The summed E-state index contributed by atoms with van der Waals surface area (Å²) in [5, 5.41) is 11.7. The maximum absolute atomic E-state index is 8.51. The minimum atomic E-state index is 0.192. The van der Waals surface area contributed by atoms with Crippen molar-refractivity contribution in [2.45, 2.75) is 12.5 Å². The van der Waals surface area contributed by atoms with Gasteiger partial charge in [0.1, 0.15) is 0 Å². The van der Waals surface area contributed by atoms with Crippen LogP contribution in [0.15, 0.2) is 0 Å². The van der Waals surface area contributed by atoms with E-state index >= 15 is 0 Å². The fraction of sp³-hybridized carbons (Fsp3) is 1.00. The molecule has 0 bridgehead atoms. The molecule has 0 aliphatic carbocycles. The molecule has 1 unspecified atom stereocenters. The predicted molar refractivity (Wildman–Crippen MR) is 45.1 cm³/mol. The number of aliphatic hydroxyl groups excluding tert-OH is 1. The van der Waals surface area contributed by atoms with Gasteiger partial charge in [-0.25, -0.2) is 0 Å². The molecule has 1 aliphatic rings. The zero-order chi connectivity index (χ0) is 8.65. The van der Waals surface area contributed by atoms with Crippen LogP contribution in [0.25, 0.3) is 0 Å². The quantitative estimate of drug-likeness (QED) is 0.546. The van der Waals surface area contributed by atoms with Gasteiger partial charge < -0.3 is 19.9 Å². The first kappa shape index (κ1) is 9.92. The highest BCUT2D eigenvalue weighted by Crippen LogP contribution is 1.98. The summed E-state index contributed by atoms with van der Waals surface area (Å²) in [4.78, 5) is 0. The molecule has 72 valence electrons. The van der Waals surface area contributed by atoms with E-state index in [1.807, 2.05) is 0 Å². The number of hydrogen-bond donors (Lipinski definition) is 2. The summed E-state index contributed by atoms with van der Waals surface area (Å²) in [7, 11) is 0. The maximum Gasteiger partial charge on any atom is 0.0933 e. The van der Waals surface area contributed by atoms with E-state index in [-0.39, 0.29) is 12.7 Å². The smallest absolute Gasteiger partial charge is 0.0933 e. The molecule has 1 atom stereocenters. The van der Waals surface area contributed by atoms with Gasteiger partial charge in [0.2, 0.25) is 0 Å². The van der Waals surface area contributed by atoms with E-state index in [1.165, 1.54) is 0 Å². The van der Waals surface area contributed by atoms with Gasteiger partial charge in [0.05, 0.1) is 25.9 Å². The average molecular weight is 175 g/mol. The normalized spacial score (nSPS) is 24.2. The Morgan fingerprint density at radius 1 is 1.42 bits per heavy atom. The van der Waals surface area contributed by atoms with Gasteiger partial charge in [-0.1, -0.05) is 0 Å². The van der Waals surface area contributed by atoms with Crippen LogP contribution in [0, 0.1) is 0 Å². The minimum Gasteiger partial charge on any atom is -0.396 e. The Bertz CT molecular complexity index is 104. The number of aliphatic hydroxyl groups is 1. The highest BCUT2D eigenvalue weighted by molar-refractivity contribution is 4.63. The van der Waals surface area contributed by atoms with Crippen LogP contribution >= 0.6 is 0 Å². The van der Waals surface area contributed by atoms with Crippen molar-refractivity contribution in [2.24, 2.45) is 0 Å². The zero-order valence-electron chi connectivity index (χ0n) is 7.29. The Hall–Kier alpha value is -0.160. The van der Waals surface area contributed by atoms with Crippen molar-refractivity contribution in [2.75, 3.05) is 39.5 Å². The fourth-order valence-electron chi connectivity index (χ4n) is 1.12. The van der Waals surface area contributed by atoms with Crippen molar-refractivity contribution in [3.8, 4) is 0 Å². The first-order chi connectivity index (χ1) is 5.93. The van der Waals surface area contributed by atoms with Crippen molar-refractivity contribution < 1.29 is 14.6 Å². The molecule has 12 heavy (non-hydrogen) atoms. The Kier molecular flexibility index (Phi) is 5.27. The molecule has 4 nitrogen and oxygen atoms in total. The number of nitrogens with one attached hydrogen (secondary N) is 1. The minimum absolute atomic E-state index is 0.192. The lowest BCUT2D eigenvalue weighted by Gasteiger charge is -2.23. The second-order valence-electron chi connectivity index (χ2n) is 2.85. The van der Waals surface area contributed by atoms with E-state index in [1.54, 1.807) is 0 Å². The molecule has 0 amide bonds. The van der Waals surface area contributed by atoms with Crippen LogP contribution in [0.4, 0.5) is 0 Å². The van der Waals surface area contributed by atoms with E-state index in [0.717, 1.165) is 19.5 Å². The predicted octanol–water partition coefficient (Wildman–Crippen LogP) is -0.626. The van der Waals surface area contributed by atoms with E-state index < -0.39 is 0 Å². The Morgan fingerprint density at radius 3 is 3.00 bits per heavy atom. The zero-order valence-corrected chi connectivity index (χ0v) is 7.29. The van der Waals surface area contributed by atoms with Gasteiger partial charge >= 0.3 is 0 Å². The molecule has 1 rings (SSSR count). The molecule has 0 saturated carbocycles. The summed E-state index contributed by atoms with van der Waals surface area (Å²) in [5.74, 6) is 0. The molecule has 1 aliphatic heterocycles. The molecule has 1 fully saturated rings. The second-order valence-corrected chi connectivity index (χ2v) is 2.85. The third-order valence-electron chi connectivity index (χ3n) is 1.77. The number of rotatable bonds is 5. The maximum atomic E-state index is 8.51. The van der Waals surface area contributed by atoms with Gasteiger partial charge in [0, 0.05) is 13.2 Å². The number of ether oxygens (including phenoxy) is 2. The van der Waals surface area contributed by atoms with Gasteiger partial charge in [-0.2, -0.15) is 0 Å². The van der Waals surface area contributed by atoms with E-state index in [4.69, 9.17) is 14.6 Å². The van der Waals surface area contributed by atoms with Crippen LogP contribution in [0.5, 0.6) is 0 Å². The summed E-state index contributed by atoms with van der Waals surface area (Å²) in [6.07, 6.45) is 0.991. The van der Waals surface area contributed by atoms with E-state index in [9.17, 15) is 0 Å². The lowest BCUT2D eigenvalue weighted by Crippen LogP contribution is -2.37. The van der Waals surface area contributed by atoms with Gasteiger partial charge in [-0.05, 0) is 13.0 Å². The Morgan fingerprint density at radius 2 is 2.33 bits per heavy atom. The van der Waals surface area contributed by atoms with Gasteiger partial charge in [-0.3, -0.25) is 0 Å². The van der Waals surface area contributed by atoms with Crippen LogP contribution < -0.4 is 5.32 Å². The van der Waals surface area contributed by atoms with Crippen LogP contribution in [0.2, 0.25) is 0 Å². The molecule has 0 spiro atoms. The van der Waals surface area contributed by atoms with Crippen LogP contribution in [0.1, 0.15) is 6.42 Å². The SMILES string of the molecule is OCCCNCC1COCCO1. The Balaban J connectivity index is 1.91. The average Bonchev–Trinajstić information content (AvgIpc) is 2.14. The summed E-state index contributed by atoms with van der Waals surface area (Å²) in [6.45, 7) is 4.01. The molecule has 0 aromatic heterocycles. The summed E-state index contributed by atoms with van der Waals surface area (Å²) >= 11 is 0. The molecule has 0 radical (unpaired) electrons. The number of hydrogen-bond acceptors (Lipinski definition) is 4. The van der Waals surface area contributed by atoms with Gasteiger partial charge in [-0.15, -0.1) is 0 Å². The third kappa shape index (κ3) is 4.01. The Labute approximate surface area is 72.9 Å². The lowest BCUT2D eigenvalue weighted by molar-refractivity contribution is -0.0863. The summed E-state index contributed by atoms with van der Waals surface area (Å²) in [6, 6.07) is 0. The van der Waals surface area contributed by atoms with Gasteiger partial charge in [0.15, 0.2) is 0 Å². The topological polar surface area (TPSA) is 50.7 Å². The summed E-state index contributed by atoms with van der Waals surface area (Å²) in [5.41, 5.74) is 0. The highest BCUT2D eigenvalue weighted by atomic mass is 16.6. The molecular weight excluding hydrogens is 158 g/mol. The van der Waals surface area contributed by atoms with Crippen molar-refractivity contribution in [3.05, 3.63) is 0 Å². The fourth-order valence-corrected chi connectivity index (χ4v) is 1.12. The molecule has 4 heteroatoms. The highest BCUT2D eigenvalue weighted by Gasteiger charge is 2.12. The first-order valence-corrected chi connectivity index (χ1v) is 4.44. The van der Waals surface area contributed by atoms with Crippen molar-refractivity contribution in [3.63, 3.8) is 0 Å². The first-order valence-electron chi connectivity index (χ1n) is 4.44. The lowest BCUT2D eigenvalue weighted by atomic mass is 10.3. The molecular formula is C8H17NO3. The largest absolute Gasteiger partial charge is 0.396 e. The van der Waals surface area contributed by atoms with Crippen LogP contribution in [-0.2, 0) is 9.47 Å². The molecule has 1 heterocycles. The third-order valence-corrected chi connectivity index (χ3v) is 1.77. The summed E-state index contributed by atoms with van der Waals surface area (Å²) < 4.78 is 10.6. The van der Waals surface area contributed by atoms with Crippen LogP contribution in [0.3, 0.4) is 0 Å². The molecule has 0 aromatic carbocycles. The van der Waals surface area contributed by atoms with Gasteiger partial charge in [0.25, 0.3) is 0 Å². The van der Waals surface area contributed by atoms with Crippen molar-refractivity contribution in [1.29, 1.82) is 0 Å². The van der Waals surface area contributed by atoms with E-state index in [2.05, 4.69) is 5.32 Å². The molecule has 0 aromatic rings. The van der Waals surface area contributed by atoms with Crippen molar-refractivity contribution in [1.82, 2.24) is 5.32 Å².